The van der Waals surface area contributed by atoms with Crippen LogP contribution in [-0.4, -0.2) is 43.8 Å². The Morgan fingerprint density at radius 2 is 1.81 bits per heavy atom. The summed E-state index contributed by atoms with van der Waals surface area (Å²) >= 11 is 7.21. The number of para-hydroxylation sites is 1. The van der Waals surface area contributed by atoms with Gasteiger partial charge in [-0.25, -0.2) is 13.4 Å². The zero-order chi connectivity index (χ0) is 19.6. The van der Waals surface area contributed by atoms with Crippen LogP contribution < -0.4 is 4.90 Å². The van der Waals surface area contributed by atoms with Gasteiger partial charge < -0.3 is 0 Å². The summed E-state index contributed by atoms with van der Waals surface area (Å²) in [7, 11) is -2.41. The van der Waals surface area contributed by atoms with Gasteiger partial charge in [0.25, 0.3) is 0 Å². The second-order valence-electron chi connectivity index (χ2n) is 5.82. The fourth-order valence-electron chi connectivity index (χ4n) is 2.54. The first-order valence-electron chi connectivity index (χ1n) is 8.20. The number of amides is 1. The zero-order valence-corrected chi connectivity index (χ0v) is 17.2. The summed E-state index contributed by atoms with van der Waals surface area (Å²) in [6, 6.07) is 13.5. The first-order chi connectivity index (χ1) is 12.8. The Labute approximate surface area is 167 Å². The summed E-state index contributed by atoms with van der Waals surface area (Å²) < 4.78 is 27.3. The van der Waals surface area contributed by atoms with E-state index in [0.29, 0.717) is 16.7 Å². The molecular formula is C18H18ClN3O3S2. The van der Waals surface area contributed by atoms with E-state index in [0.717, 1.165) is 14.5 Å². The summed E-state index contributed by atoms with van der Waals surface area (Å²) in [5.41, 5.74) is 0.811. The molecule has 0 aliphatic carbocycles. The van der Waals surface area contributed by atoms with Crippen LogP contribution in [0.25, 0.3) is 10.2 Å². The Hall–Kier alpha value is -2.00. The van der Waals surface area contributed by atoms with Crippen LogP contribution >= 0.6 is 22.9 Å². The molecule has 0 atom stereocenters. The third-order valence-corrected chi connectivity index (χ3v) is 7.14. The molecule has 0 spiro atoms. The number of benzene rings is 2. The quantitative estimate of drug-likeness (QED) is 0.607. The Bertz CT molecular complexity index is 1030. The van der Waals surface area contributed by atoms with Crippen molar-refractivity contribution in [3.05, 3.63) is 53.6 Å². The third kappa shape index (κ3) is 4.14. The highest BCUT2D eigenvalue weighted by Crippen LogP contribution is 2.28. The van der Waals surface area contributed by atoms with E-state index in [-0.39, 0.29) is 17.3 Å². The number of hydrogen-bond donors (Lipinski definition) is 0. The van der Waals surface area contributed by atoms with Crippen LogP contribution in [0.3, 0.4) is 0 Å². The molecule has 142 valence electrons. The molecule has 27 heavy (non-hydrogen) atoms. The SMILES string of the molecule is CCN(C(=O)CN(C)S(=O)(=O)c1ccc(Cl)cc1)c1nc2ccccc2s1. The lowest BCUT2D eigenvalue weighted by Crippen LogP contribution is -2.41. The highest BCUT2D eigenvalue weighted by atomic mass is 35.5. The van der Waals surface area contributed by atoms with Crippen molar-refractivity contribution in [1.29, 1.82) is 0 Å². The number of rotatable bonds is 6. The normalized spacial score (nSPS) is 11.9. The zero-order valence-electron chi connectivity index (χ0n) is 14.8. The number of nitrogens with zero attached hydrogens (tertiary/aromatic N) is 3. The Balaban J connectivity index is 1.80. The fourth-order valence-corrected chi connectivity index (χ4v) is 4.83. The van der Waals surface area contributed by atoms with Gasteiger partial charge in [0.05, 0.1) is 21.7 Å². The van der Waals surface area contributed by atoms with Crippen molar-refractivity contribution in [1.82, 2.24) is 9.29 Å². The number of aromatic nitrogens is 1. The molecule has 0 aliphatic heterocycles. The molecular weight excluding hydrogens is 406 g/mol. The summed E-state index contributed by atoms with van der Waals surface area (Å²) in [6.45, 7) is 1.94. The number of halogens is 1. The summed E-state index contributed by atoms with van der Waals surface area (Å²) in [6.07, 6.45) is 0. The monoisotopic (exact) mass is 423 g/mol. The van der Waals surface area contributed by atoms with E-state index in [1.807, 2.05) is 31.2 Å². The smallest absolute Gasteiger partial charge is 0.244 e. The van der Waals surface area contributed by atoms with E-state index < -0.39 is 10.0 Å². The van der Waals surface area contributed by atoms with Gasteiger partial charge in [0.2, 0.25) is 15.9 Å². The van der Waals surface area contributed by atoms with E-state index in [1.165, 1.54) is 47.5 Å². The number of hydrogen-bond acceptors (Lipinski definition) is 5. The number of anilines is 1. The molecule has 0 bridgehead atoms. The van der Waals surface area contributed by atoms with Crippen molar-refractivity contribution in [3.63, 3.8) is 0 Å². The second kappa shape index (κ2) is 7.93. The van der Waals surface area contributed by atoms with E-state index in [1.54, 1.807) is 0 Å². The minimum absolute atomic E-state index is 0.0882. The molecule has 3 rings (SSSR count). The molecule has 2 aromatic carbocycles. The van der Waals surface area contributed by atoms with Crippen molar-refractivity contribution < 1.29 is 13.2 Å². The van der Waals surface area contributed by atoms with Crippen molar-refractivity contribution in [2.45, 2.75) is 11.8 Å². The molecule has 1 aromatic heterocycles. The average molecular weight is 424 g/mol. The van der Waals surface area contributed by atoms with Crippen LogP contribution in [0.5, 0.6) is 0 Å². The molecule has 9 heteroatoms. The van der Waals surface area contributed by atoms with Gasteiger partial charge in [-0.3, -0.25) is 9.69 Å². The van der Waals surface area contributed by atoms with Crippen LogP contribution in [-0.2, 0) is 14.8 Å². The van der Waals surface area contributed by atoms with Gasteiger partial charge in [-0.2, -0.15) is 4.31 Å². The number of likely N-dealkylation sites (N-methyl/N-ethyl adjacent to an activating group) is 2. The predicted molar refractivity (Wildman–Crippen MR) is 109 cm³/mol. The highest BCUT2D eigenvalue weighted by Gasteiger charge is 2.26. The van der Waals surface area contributed by atoms with Gasteiger partial charge in [-0.05, 0) is 43.3 Å². The molecule has 0 saturated carbocycles. The van der Waals surface area contributed by atoms with Crippen LogP contribution in [0.2, 0.25) is 5.02 Å². The van der Waals surface area contributed by atoms with Gasteiger partial charge in [0.1, 0.15) is 0 Å². The van der Waals surface area contributed by atoms with E-state index in [2.05, 4.69) is 4.98 Å². The molecule has 0 N–H and O–H groups in total. The second-order valence-corrected chi connectivity index (χ2v) is 9.31. The lowest BCUT2D eigenvalue weighted by Gasteiger charge is -2.22. The molecule has 0 aliphatic rings. The number of carbonyl (C=O) groups is 1. The van der Waals surface area contributed by atoms with E-state index in [9.17, 15) is 13.2 Å². The molecule has 1 heterocycles. The molecule has 3 aromatic rings. The molecule has 0 fully saturated rings. The summed E-state index contributed by atoms with van der Waals surface area (Å²) in [4.78, 5) is 18.8. The maximum Gasteiger partial charge on any atom is 0.244 e. The lowest BCUT2D eigenvalue weighted by atomic mass is 10.3. The van der Waals surface area contributed by atoms with Crippen LogP contribution in [0.15, 0.2) is 53.4 Å². The predicted octanol–water partition coefficient (Wildman–Crippen LogP) is 3.62. The molecule has 0 saturated heterocycles. The van der Waals surface area contributed by atoms with Crippen molar-refractivity contribution in [2.24, 2.45) is 0 Å². The Morgan fingerprint density at radius 3 is 2.44 bits per heavy atom. The molecule has 1 amide bonds. The number of fused-ring (bicyclic) bond motifs is 1. The first-order valence-corrected chi connectivity index (χ1v) is 10.8. The summed E-state index contributed by atoms with van der Waals surface area (Å²) in [5, 5.41) is 1.00. The lowest BCUT2D eigenvalue weighted by molar-refractivity contribution is -0.118. The van der Waals surface area contributed by atoms with E-state index in [4.69, 9.17) is 11.6 Å². The van der Waals surface area contributed by atoms with E-state index >= 15 is 0 Å². The van der Waals surface area contributed by atoms with Crippen LogP contribution in [0.1, 0.15) is 6.92 Å². The van der Waals surface area contributed by atoms with Crippen LogP contribution in [0, 0.1) is 0 Å². The largest absolute Gasteiger partial charge is 0.287 e. The van der Waals surface area contributed by atoms with Crippen LogP contribution in [0.4, 0.5) is 5.13 Å². The third-order valence-electron chi connectivity index (χ3n) is 4.01. The van der Waals surface area contributed by atoms with Gasteiger partial charge in [-0.1, -0.05) is 35.1 Å². The minimum atomic E-state index is -3.79. The highest BCUT2D eigenvalue weighted by molar-refractivity contribution is 7.89. The maximum atomic E-state index is 12.8. The number of thiazole rings is 1. The minimum Gasteiger partial charge on any atom is -0.287 e. The van der Waals surface area contributed by atoms with Crippen molar-refractivity contribution >= 4 is 54.2 Å². The van der Waals surface area contributed by atoms with Gasteiger partial charge in [0, 0.05) is 18.6 Å². The topological polar surface area (TPSA) is 70.6 Å². The standard InChI is InChI=1S/C18H18ClN3O3S2/c1-3-22(18-20-15-6-4-5-7-16(15)26-18)17(23)12-21(2)27(24,25)14-10-8-13(19)9-11-14/h4-11H,3,12H2,1-2H3. The Morgan fingerprint density at radius 1 is 1.15 bits per heavy atom. The van der Waals surface area contributed by atoms with Gasteiger partial charge in [0.15, 0.2) is 5.13 Å². The fraction of sp³-hybridized carbons (Fsp3) is 0.222. The Kier molecular flexibility index (Phi) is 5.81. The molecule has 6 nitrogen and oxygen atoms in total. The first kappa shape index (κ1) is 19.8. The average Bonchev–Trinajstić information content (AvgIpc) is 3.06. The summed E-state index contributed by atoms with van der Waals surface area (Å²) in [5.74, 6) is -0.336. The molecule has 0 radical (unpaired) electrons. The van der Waals surface area contributed by atoms with Gasteiger partial charge >= 0.3 is 0 Å². The molecule has 0 unspecified atom stereocenters. The van der Waals surface area contributed by atoms with Crippen molar-refractivity contribution in [3.8, 4) is 0 Å². The van der Waals surface area contributed by atoms with Crippen molar-refractivity contribution in [2.75, 3.05) is 25.0 Å². The number of carbonyl (C=O) groups excluding carboxylic acids is 1. The number of sulfonamides is 1. The van der Waals surface area contributed by atoms with Gasteiger partial charge in [-0.15, -0.1) is 0 Å². The maximum absolute atomic E-state index is 12.8.